The van der Waals surface area contributed by atoms with E-state index in [1.165, 1.54) is 0 Å². The van der Waals surface area contributed by atoms with Gasteiger partial charge in [-0.05, 0) is 19.1 Å². The number of aromatic amines is 1. The molecular weight excluding hydrogens is 224 g/mol. The highest BCUT2D eigenvalue weighted by Gasteiger charge is 2.10. The predicted octanol–water partition coefficient (Wildman–Crippen LogP) is 3.10. The van der Waals surface area contributed by atoms with Gasteiger partial charge in [-0.2, -0.15) is 0 Å². The maximum Gasteiger partial charge on any atom is 0.194 e. The average molecular weight is 236 g/mol. The Bertz CT molecular complexity index is 711. The zero-order chi connectivity index (χ0) is 12.5. The third-order valence-electron chi connectivity index (χ3n) is 2.98. The maximum absolute atomic E-state index is 12.3. The maximum atomic E-state index is 12.3. The van der Waals surface area contributed by atoms with Crippen LogP contribution in [0.1, 0.15) is 21.5 Å². The summed E-state index contributed by atoms with van der Waals surface area (Å²) in [5.74, 6) is 0.00519. The fourth-order valence-electron chi connectivity index (χ4n) is 1.94. The molecule has 0 fully saturated rings. The zero-order valence-electron chi connectivity index (χ0n) is 9.97. The summed E-state index contributed by atoms with van der Waals surface area (Å²) in [7, 11) is 0. The number of hydrogen-bond donors (Lipinski definition) is 1. The lowest BCUT2D eigenvalue weighted by Gasteiger charge is -2.01. The van der Waals surface area contributed by atoms with Crippen LogP contribution in [0.5, 0.6) is 0 Å². The second-order valence-corrected chi connectivity index (χ2v) is 4.33. The molecule has 3 aromatic rings. The van der Waals surface area contributed by atoms with Gasteiger partial charge in [0.2, 0.25) is 0 Å². The first-order valence-electron chi connectivity index (χ1n) is 5.78. The molecule has 3 rings (SSSR count). The van der Waals surface area contributed by atoms with E-state index in [1.807, 2.05) is 49.5 Å². The van der Waals surface area contributed by atoms with Crippen molar-refractivity contribution < 1.29 is 4.79 Å². The molecule has 0 radical (unpaired) electrons. The molecule has 3 nitrogen and oxygen atoms in total. The molecule has 0 aliphatic rings. The Morgan fingerprint density at radius 3 is 2.67 bits per heavy atom. The van der Waals surface area contributed by atoms with E-state index < -0.39 is 0 Å². The van der Waals surface area contributed by atoms with Crippen molar-refractivity contribution in [2.45, 2.75) is 6.92 Å². The summed E-state index contributed by atoms with van der Waals surface area (Å²) in [6.07, 6.45) is 3.43. The lowest BCUT2D eigenvalue weighted by molar-refractivity contribution is 0.103. The number of H-pyrrole nitrogens is 1. The number of aromatic nitrogens is 2. The fourth-order valence-corrected chi connectivity index (χ4v) is 1.94. The predicted molar refractivity (Wildman–Crippen MR) is 70.7 cm³/mol. The molecule has 0 spiro atoms. The standard InChI is InChI=1S/C15H12N2O/c1-10-2-4-11(5-3-10)14(18)13-8-12-6-7-16-15(12)17-9-13/h2-9H,1H3,(H,16,17). The Morgan fingerprint density at radius 2 is 1.89 bits per heavy atom. The van der Waals surface area contributed by atoms with Gasteiger partial charge in [0, 0.05) is 28.9 Å². The summed E-state index contributed by atoms with van der Waals surface area (Å²) in [6.45, 7) is 2.00. The van der Waals surface area contributed by atoms with Gasteiger partial charge in [0.1, 0.15) is 5.65 Å². The van der Waals surface area contributed by atoms with Gasteiger partial charge in [0.15, 0.2) is 5.78 Å². The van der Waals surface area contributed by atoms with Crippen LogP contribution in [0.25, 0.3) is 11.0 Å². The zero-order valence-corrected chi connectivity index (χ0v) is 9.97. The number of hydrogen-bond acceptors (Lipinski definition) is 2. The molecule has 0 saturated carbocycles. The largest absolute Gasteiger partial charge is 0.346 e. The number of fused-ring (bicyclic) bond motifs is 1. The van der Waals surface area contributed by atoms with E-state index in [1.54, 1.807) is 6.20 Å². The molecule has 18 heavy (non-hydrogen) atoms. The number of nitrogens with zero attached hydrogens (tertiary/aromatic N) is 1. The van der Waals surface area contributed by atoms with Crippen molar-refractivity contribution in [2.24, 2.45) is 0 Å². The van der Waals surface area contributed by atoms with Gasteiger partial charge < -0.3 is 4.98 Å². The second kappa shape index (κ2) is 4.11. The van der Waals surface area contributed by atoms with Gasteiger partial charge in [-0.1, -0.05) is 29.8 Å². The van der Waals surface area contributed by atoms with Gasteiger partial charge in [0.05, 0.1) is 0 Å². The monoisotopic (exact) mass is 236 g/mol. The molecule has 0 saturated heterocycles. The Hall–Kier alpha value is -2.42. The van der Waals surface area contributed by atoms with Gasteiger partial charge in [-0.15, -0.1) is 0 Å². The van der Waals surface area contributed by atoms with Crippen molar-refractivity contribution >= 4 is 16.8 Å². The Kier molecular flexibility index (Phi) is 2.45. The van der Waals surface area contributed by atoms with E-state index in [0.717, 1.165) is 16.6 Å². The van der Waals surface area contributed by atoms with Crippen molar-refractivity contribution in [3.8, 4) is 0 Å². The molecule has 88 valence electrons. The van der Waals surface area contributed by atoms with E-state index in [-0.39, 0.29) is 5.78 Å². The van der Waals surface area contributed by atoms with Gasteiger partial charge in [0.25, 0.3) is 0 Å². The van der Waals surface area contributed by atoms with Crippen molar-refractivity contribution in [1.82, 2.24) is 9.97 Å². The highest BCUT2D eigenvalue weighted by Crippen LogP contribution is 2.15. The number of carbonyl (C=O) groups is 1. The smallest absolute Gasteiger partial charge is 0.194 e. The van der Waals surface area contributed by atoms with Crippen molar-refractivity contribution in [3.05, 3.63) is 65.5 Å². The molecule has 0 aliphatic carbocycles. The molecular formula is C15H12N2O. The summed E-state index contributed by atoms with van der Waals surface area (Å²) >= 11 is 0. The SMILES string of the molecule is Cc1ccc(C(=O)c2cnc3[nH]ccc3c2)cc1. The van der Waals surface area contributed by atoms with E-state index >= 15 is 0 Å². The first kappa shape index (κ1) is 10.7. The third-order valence-corrected chi connectivity index (χ3v) is 2.98. The Balaban J connectivity index is 2.03. The summed E-state index contributed by atoms with van der Waals surface area (Å²) < 4.78 is 0. The number of nitrogens with one attached hydrogen (secondary N) is 1. The van der Waals surface area contributed by atoms with Crippen LogP contribution in [0.3, 0.4) is 0 Å². The fraction of sp³-hybridized carbons (Fsp3) is 0.0667. The molecule has 0 amide bonds. The van der Waals surface area contributed by atoms with Gasteiger partial charge >= 0.3 is 0 Å². The lowest BCUT2D eigenvalue weighted by atomic mass is 10.0. The number of pyridine rings is 1. The number of benzene rings is 1. The number of ketones is 1. The highest BCUT2D eigenvalue weighted by atomic mass is 16.1. The third kappa shape index (κ3) is 1.80. The van der Waals surface area contributed by atoms with Crippen LogP contribution in [0.4, 0.5) is 0 Å². The van der Waals surface area contributed by atoms with Crippen molar-refractivity contribution in [3.63, 3.8) is 0 Å². The quantitative estimate of drug-likeness (QED) is 0.695. The molecule has 0 unspecified atom stereocenters. The summed E-state index contributed by atoms with van der Waals surface area (Å²) in [5.41, 5.74) is 3.25. The molecule has 0 aliphatic heterocycles. The molecule has 0 bridgehead atoms. The van der Waals surface area contributed by atoms with Crippen LogP contribution < -0.4 is 0 Å². The Morgan fingerprint density at radius 1 is 1.11 bits per heavy atom. The van der Waals surface area contributed by atoms with E-state index in [4.69, 9.17) is 0 Å². The minimum Gasteiger partial charge on any atom is -0.346 e. The summed E-state index contributed by atoms with van der Waals surface area (Å²) in [5, 5.41) is 0.952. The van der Waals surface area contributed by atoms with Crippen molar-refractivity contribution in [2.75, 3.05) is 0 Å². The van der Waals surface area contributed by atoms with E-state index in [2.05, 4.69) is 9.97 Å². The molecule has 3 heteroatoms. The van der Waals surface area contributed by atoms with Crippen molar-refractivity contribution in [1.29, 1.82) is 0 Å². The Labute approximate surface area is 104 Å². The van der Waals surface area contributed by atoms with Crippen LogP contribution in [0, 0.1) is 6.92 Å². The van der Waals surface area contributed by atoms with Crippen LogP contribution >= 0.6 is 0 Å². The van der Waals surface area contributed by atoms with Crippen LogP contribution in [-0.4, -0.2) is 15.8 Å². The van der Waals surface area contributed by atoms with Crippen LogP contribution in [0.15, 0.2) is 48.8 Å². The first-order chi connectivity index (χ1) is 8.74. The van der Waals surface area contributed by atoms with Crippen LogP contribution in [0.2, 0.25) is 0 Å². The van der Waals surface area contributed by atoms with E-state index in [9.17, 15) is 4.79 Å². The highest BCUT2D eigenvalue weighted by molar-refractivity contribution is 6.10. The first-order valence-corrected chi connectivity index (χ1v) is 5.78. The lowest BCUT2D eigenvalue weighted by Crippen LogP contribution is -2.01. The van der Waals surface area contributed by atoms with Gasteiger partial charge in [-0.25, -0.2) is 4.98 Å². The molecule has 0 atom stereocenters. The molecule has 2 aromatic heterocycles. The minimum atomic E-state index is 0.00519. The topological polar surface area (TPSA) is 45.8 Å². The van der Waals surface area contributed by atoms with E-state index in [0.29, 0.717) is 11.1 Å². The number of rotatable bonds is 2. The number of aryl methyl sites for hydroxylation is 1. The van der Waals surface area contributed by atoms with Gasteiger partial charge in [-0.3, -0.25) is 4.79 Å². The molecule has 1 aromatic carbocycles. The van der Waals surface area contributed by atoms with Crippen LogP contribution in [-0.2, 0) is 0 Å². The summed E-state index contributed by atoms with van der Waals surface area (Å²) in [6, 6.07) is 11.3. The summed E-state index contributed by atoms with van der Waals surface area (Å²) in [4.78, 5) is 19.5. The number of carbonyl (C=O) groups excluding carboxylic acids is 1. The second-order valence-electron chi connectivity index (χ2n) is 4.33. The molecule has 2 heterocycles. The minimum absolute atomic E-state index is 0.00519. The molecule has 1 N–H and O–H groups in total. The normalized spacial score (nSPS) is 10.7. The average Bonchev–Trinajstić information content (AvgIpc) is 2.86.